The van der Waals surface area contributed by atoms with E-state index in [1.165, 1.54) is 10.9 Å². The summed E-state index contributed by atoms with van der Waals surface area (Å²) in [4.78, 5) is 15.7. The van der Waals surface area contributed by atoms with Gasteiger partial charge in [-0.2, -0.15) is 10.5 Å². The minimum atomic E-state index is -0.373. The van der Waals surface area contributed by atoms with Crippen LogP contribution in [0.1, 0.15) is 23.0 Å². The first-order valence-electron chi connectivity index (χ1n) is 6.19. The zero-order valence-corrected chi connectivity index (χ0v) is 11.1. The molecule has 0 saturated heterocycles. The molecule has 2 heterocycles. The number of anilines is 1. The fourth-order valence-corrected chi connectivity index (χ4v) is 2.42. The van der Waals surface area contributed by atoms with Crippen LogP contribution in [-0.4, -0.2) is 22.5 Å². The number of nitrogens with one attached hydrogen (secondary N) is 2. The van der Waals surface area contributed by atoms with E-state index < -0.39 is 0 Å². The minimum Gasteiger partial charge on any atom is -0.324 e. The van der Waals surface area contributed by atoms with E-state index in [4.69, 9.17) is 10.5 Å². The molecule has 1 atom stereocenters. The Bertz CT molecular complexity index is 823. The maximum Gasteiger partial charge on any atom is 0.246 e. The number of imidazole rings is 1. The fourth-order valence-electron chi connectivity index (χ4n) is 2.42. The summed E-state index contributed by atoms with van der Waals surface area (Å²) in [6, 6.07) is 8.83. The van der Waals surface area contributed by atoms with Crippen LogP contribution in [0.4, 0.5) is 5.69 Å². The standard InChI is InChI=1S/C14H10N6O/c1-17-13-9-3-2-8(4-10(9)19-14(13)21)20-7-18-11(5-15)12(20)6-16/h2-4,7,13,17H,1H3,(H,19,21). The number of fused-ring (bicyclic) bond motifs is 1. The highest BCUT2D eigenvalue weighted by molar-refractivity contribution is 6.02. The Hall–Kier alpha value is -3.16. The predicted molar refractivity (Wildman–Crippen MR) is 73.4 cm³/mol. The summed E-state index contributed by atoms with van der Waals surface area (Å²) in [7, 11) is 1.72. The van der Waals surface area contributed by atoms with Crippen molar-refractivity contribution in [3.05, 3.63) is 41.5 Å². The molecule has 1 aliphatic rings. The van der Waals surface area contributed by atoms with Crippen LogP contribution in [0.15, 0.2) is 24.5 Å². The zero-order chi connectivity index (χ0) is 15.0. The Morgan fingerprint density at radius 3 is 2.86 bits per heavy atom. The van der Waals surface area contributed by atoms with Crippen molar-refractivity contribution >= 4 is 11.6 Å². The highest BCUT2D eigenvalue weighted by Gasteiger charge is 2.29. The van der Waals surface area contributed by atoms with E-state index in [2.05, 4.69) is 15.6 Å². The number of benzene rings is 1. The molecule has 7 nitrogen and oxygen atoms in total. The third-order valence-electron chi connectivity index (χ3n) is 3.41. The van der Waals surface area contributed by atoms with E-state index in [9.17, 15) is 4.79 Å². The highest BCUT2D eigenvalue weighted by Crippen LogP contribution is 2.32. The number of likely N-dealkylation sites (N-methyl/N-ethyl adjacent to an activating group) is 1. The molecule has 0 spiro atoms. The zero-order valence-electron chi connectivity index (χ0n) is 11.1. The summed E-state index contributed by atoms with van der Waals surface area (Å²) in [6.45, 7) is 0. The topological polar surface area (TPSA) is 107 Å². The van der Waals surface area contributed by atoms with E-state index >= 15 is 0 Å². The van der Waals surface area contributed by atoms with Gasteiger partial charge in [-0.3, -0.25) is 9.36 Å². The van der Waals surface area contributed by atoms with Crippen molar-refractivity contribution in [1.82, 2.24) is 14.9 Å². The Labute approximate surface area is 120 Å². The Kier molecular flexibility index (Phi) is 2.90. The molecular weight excluding hydrogens is 268 g/mol. The Morgan fingerprint density at radius 1 is 1.38 bits per heavy atom. The van der Waals surface area contributed by atoms with Crippen molar-refractivity contribution in [2.75, 3.05) is 12.4 Å². The number of nitrogens with zero attached hydrogens (tertiary/aromatic N) is 4. The lowest BCUT2D eigenvalue weighted by Crippen LogP contribution is -2.23. The Balaban J connectivity index is 2.10. The molecule has 1 aliphatic heterocycles. The van der Waals surface area contributed by atoms with Crippen LogP contribution in [0.25, 0.3) is 5.69 Å². The summed E-state index contributed by atoms with van der Waals surface area (Å²) in [6.07, 6.45) is 1.42. The highest BCUT2D eigenvalue weighted by atomic mass is 16.2. The third kappa shape index (κ3) is 1.84. The summed E-state index contributed by atoms with van der Waals surface area (Å²) in [5, 5.41) is 23.8. The van der Waals surface area contributed by atoms with E-state index in [0.29, 0.717) is 11.4 Å². The van der Waals surface area contributed by atoms with Gasteiger partial charge in [0.25, 0.3) is 0 Å². The predicted octanol–water partition coefficient (Wildman–Crippen LogP) is 0.828. The monoisotopic (exact) mass is 278 g/mol. The number of nitriles is 2. The smallest absolute Gasteiger partial charge is 0.246 e. The summed E-state index contributed by atoms with van der Waals surface area (Å²) < 4.78 is 1.53. The summed E-state index contributed by atoms with van der Waals surface area (Å²) in [5.74, 6) is -0.117. The average molecular weight is 278 g/mol. The second-order valence-electron chi connectivity index (χ2n) is 4.52. The molecule has 0 fully saturated rings. The molecule has 7 heteroatoms. The van der Waals surface area contributed by atoms with Crippen LogP contribution in [0, 0.1) is 22.7 Å². The van der Waals surface area contributed by atoms with Gasteiger partial charge in [-0.05, 0) is 19.2 Å². The van der Waals surface area contributed by atoms with Gasteiger partial charge < -0.3 is 10.6 Å². The molecule has 0 aliphatic carbocycles. The van der Waals surface area contributed by atoms with Crippen molar-refractivity contribution < 1.29 is 4.79 Å². The number of rotatable bonds is 2. The molecule has 1 amide bonds. The van der Waals surface area contributed by atoms with Crippen molar-refractivity contribution in [2.24, 2.45) is 0 Å². The lowest BCUT2D eigenvalue weighted by atomic mass is 10.1. The van der Waals surface area contributed by atoms with Gasteiger partial charge in [0.05, 0.1) is 0 Å². The lowest BCUT2D eigenvalue weighted by molar-refractivity contribution is -0.117. The maximum atomic E-state index is 11.8. The Morgan fingerprint density at radius 2 is 2.19 bits per heavy atom. The number of hydrogen-bond donors (Lipinski definition) is 2. The number of hydrogen-bond acceptors (Lipinski definition) is 5. The quantitative estimate of drug-likeness (QED) is 0.846. The lowest BCUT2D eigenvalue weighted by Gasteiger charge is -2.08. The van der Waals surface area contributed by atoms with E-state index in [-0.39, 0.29) is 23.3 Å². The average Bonchev–Trinajstić information content (AvgIpc) is 3.05. The number of aromatic nitrogens is 2. The van der Waals surface area contributed by atoms with Gasteiger partial charge in [-0.15, -0.1) is 0 Å². The van der Waals surface area contributed by atoms with Gasteiger partial charge in [0.2, 0.25) is 5.91 Å². The fraction of sp³-hybridized carbons (Fsp3) is 0.143. The van der Waals surface area contributed by atoms with Gasteiger partial charge >= 0.3 is 0 Å². The van der Waals surface area contributed by atoms with E-state index in [0.717, 1.165) is 5.56 Å². The second-order valence-corrected chi connectivity index (χ2v) is 4.52. The van der Waals surface area contributed by atoms with Crippen molar-refractivity contribution in [3.8, 4) is 17.8 Å². The molecule has 1 unspecified atom stereocenters. The van der Waals surface area contributed by atoms with Crippen molar-refractivity contribution in [1.29, 1.82) is 10.5 Å². The molecule has 21 heavy (non-hydrogen) atoms. The van der Waals surface area contributed by atoms with Crippen molar-refractivity contribution in [2.45, 2.75) is 6.04 Å². The van der Waals surface area contributed by atoms with Gasteiger partial charge in [-0.25, -0.2) is 4.98 Å². The van der Waals surface area contributed by atoms with Gasteiger partial charge in [0, 0.05) is 16.9 Å². The van der Waals surface area contributed by atoms with E-state index in [1.54, 1.807) is 19.2 Å². The molecule has 2 N–H and O–H groups in total. The minimum absolute atomic E-state index is 0.0788. The first-order chi connectivity index (χ1) is 10.2. The molecule has 0 bridgehead atoms. The number of amides is 1. The molecular formula is C14H10N6O. The normalized spacial score (nSPS) is 16.0. The van der Waals surface area contributed by atoms with Crippen LogP contribution in [-0.2, 0) is 4.79 Å². The van der Waals surface area contributed by atoms with Gasteiger partial charge in [0.1, 0.15) is 24.5 Å². The van der Waals surface area contributed by atoms with Crippen LogP contribution in [0.5, 0.6) is 0 Å². The maximum absolute atomic E-state index is 11.8. The summed E-state index contributed by atoms with van der Waals surface area (Å²) in [5.41, 5.74) is 2.46. The summed E-state index contributed by atoms with van der Waals surface area (Å²) >= 11 is 0. The van der Waals surface area contributed by atoms with Gasteiger partial charge in [0.15, 0.2) is 11.4 Å². The number of carbonyl (C=O) groups is 1. The van der Waals surface area contributed by atoms with Crippen LogP contribution in [0.2, 0.25) is 0 Å². The van der Waals surface area contributed by atoms with Crippen LogP contribution >= 0.6 is 0 Å². The molecule has 1 aromatic heterocycles. The molecule has 102 valence electrons. The molecule has 0 radical (unpaired) electrons. The first-order valence-corrected chi connectivity index (χ1v) is 6.19. The van der Waals surface area contributed by atoms with E-state index in [1.807, 2.05) is 18.2 Å². The SMILES string of the molecule is CNC1C(=O)Nc2cc(-n3cnc(C#N)c3C#N)ccc21. The van der Waals surface area contributed by atoms with Crippen molar-refractivity contribution in [3.63, 3.8) is 0 Å². The molecule has 3 rings (SSSR count). The first kappa shape index (κ1) is 12.9. The molecule has 2 aromatic rings. The van der Waals surface area contributed by atoms with Gasteiger partial charge in [-0.1, -0.05) is 6.07 Å². The third-order valence-corrected chi connectivity index (χ3v) is 3.41. The van der Waals surface area contributed by atoms with Crippen LogP contribution < -0.4 is 10.6 Å². The number of carbonyl (C=O) groups excluding carboxylic acids is 1. The largest absolute Gasteiger partial charge is 0.324 e. The molecule has 1 aromatic carbocycles. The van der Waals surface area contributed by atoms with Crippen LogP contribution in [0.3, 0.4) is 0 Å². The second kappa shape index (κ2) is 4.75. The molecule has 0 saturated carbocycles.